The van der Waals surface area contributed by atoms with E-state index in [0.29, 0.717) is 27.2 Å². The van der Waals surface area contributed by atoms with Crippen LogP contribution >= 0.6 is 34.3 Å². The molecular formula is C17H15ClN2O3S3. The highest BCUT2D eigenvalue weighted by molar-refractivity contribution is 7.91. The van der Waals surface area contributed by atoms with E-state index in [-0.39, 0.29) is 19.0 Å². The molecule has 1 aromatic carbocycles. The molecule has 1 amide bonds. The highest BCUT2D eigenvalue weighted by Crippen LogP contribution is 2.36. The van der Waals surface area contributed by atoms with Crippen LogP contribution in [-0.2, 0) is 10.0 Å². The van der Waals surface area contributed by atoms with Crippen molar-refractivity contribution in [3.05, 3.63) is 51.7 Å². The fourth-order valence-electron chi connectivity index (χ4n) is 2.96. The van der Waals surface area contributed by atoms with Crippen molar-refractivity contribution in [3.8, 4) is 0 Å². The van der Waals surface area contributed by atoms with Gasteiger partial charge in [0.2, 0.25) is 0 Å². The van der Waals surface area contributed by atoms with Gasteiger partial charge in [-0.05, 0) is 17.5 Å². The third kappa shape index (κ3) is 3.05. The number of fused-ring (bicyclic) bond motifs is 1. The molecule has 2 aromatic heterocycles. The van der Waals surface area contributed by atoms with Crippen molar-refractivity contribution in [2.24, 2.45) is 0 Å². The Labute approximate surface area is 164 Å². The Balaban J connectivity index is 1.51. The maximum absolute atomic E-state index is 12.9. The number of hydrogen-bond acceptors (Lipinski definition) is 5. The van der Waals surface area contributed by atoms with E-state index >= 15 is 0 Å². The Morgan fingerprint density at radius 3 is 2.42 bits per heavy atom. The molecule has 26 heavy (non-hydrogen) atoms. The smallest absolute Gasteiger partial charge is 0.265 e. The predicted molar refractivity (Wildman–Crippen MR) is 106 cm³/mol. The lowest BCUT2D eigenvalue weighted by Gasteiger charge is -2.33. The molecule has 0 bridgehead atoms. The summed E-state index contributed by atoms with van der Waals surface area (Å²) in [6.45, 7) is 1.28. The minimum absolute atomic E-state index is 0.135. The molecule has 1 fully saturated rings. The summed E-state index contributed by atoms with van der Waals surface area (Å²) in [7, 11) is -3.47. The molecule has 0 spiro atoms. The van der Waals surface area contributed by atoms with Crippen LogP contribution in [0, 0.1) is 0 Å². The number of amides is 1. The number of thiophene rings is 2. The van der Waals surface area contributed by atoms with Crippen LogP contribution in [0.4, 0.5) is 0 Å². The summed E-state index contributed by atoms with van der Waals surface area (Å²) in [6.07, 6.45) is 0. The largest absolute Gasteiger partial charge is 0.335 e. The van der Waals surface area contributed by atoms with E-state index in [2.05, 4.69) is 0 Å². The highest BCUT2D eigenvalue weighted by atomic mass is 35.5. The van der Waals surface area contributed by atoms with Gasteiger partial charge in [0.1, 0.15) is 9.09 Å². The molecule has 4 rings (SSSR count). The number of halogens is 1. The number of piperazine rings is 1. The van der Waals surface area contributed by atoms with Gasteiger partial charge in [0.05, 0.1) is 5.02 Å². The fraction of sp³-hybridized carbons (Fsp3) is 0.235. The van der Waals surface area contributed by atoms with Crippen LogP contribution in [0.25, 0.3) is 10.1 Å². The molecule has 1 saturated heterocycles. The number of nitrogens with zero attached hydrogens (tertiary/aromatic N) is 2. The van der Waals surface area contributed by atoms with E-state index in [1.807, 2.05) is 24.3 Å². The molecule has 0 atom stereocenters. The normalized spacial score (nSPS) is 16.3. The first kappa shape index (κ1) is 17.9. The van der Waals surface area contributed by atoms with Gasteiger partial charge in [-0.25, -0.2) is 8.42 Å². The number of hydrogen-bond donors (Lipinski definition) is 0. The fourth-order valence-corrected chi connectivity index (χ4v) is 7.01. The zero-order valence-corrected chi connectivity index (χ0v) is 16.8. The molecule has 0 aliphatic carbocycles. The second-order valence-electron chi connectivity index (χ2n) is 5.87. The molecule has 0 radical (unpaired) electrons. The van der Waals surface area contributed by atoms with E-state index in [0.717, 1.165) is 10.1 Å². The summed E-state index contributed by atoms with van der Waals surface area (Å²) in [5.41, 5.74) is 0. The average Bonchev–Trinajstić information content (AvgIpc) is 3.31. The lowest BCUT2D eigenvalue weighted by molar-refractivity contribution is 0.0703. The topological polar surface area (TPSA) is 57.7 Å². The maximum atomic E-state index is 12.9. The third-order valence-electron chi connectivity index (χ3n) is 4.34. The van der Waals surface area contributed by atoms with E-state index in [4.69, 9.17) is 11.6 Å². The molecule has 1 aliphatic heterocycles. The predicted octanol–water partition coefficient (Wildman–Crippen LogP) is 3.76. The highest BCUT2D eigenvalue weighted by Gasteiger charge is 2.32. The molecule has 3 heterocycles. The molecular weight excluding hydrogens is 412 g/mol. The van der Waals surface area contributed by atoms with Crippen molar-refractivity contribution >= 4 is 60.3 Å². The molecule has 9 heteroatoms. The second-order valence-corrected chi connectivity index (χ2v) is 10.4. The monoisotopic (exact) mass is 426 g/mol. The SMILES string of the molecule is O=C(c1sc2ccccc2c1Cl)N1CCN(S(=O)(=O)c2cccs2)CC1. The number of benzene rings is 1. The number of rotatable bonds is 3. The molecule has 3 aromatic rings. The van der Waals surface area contributed by atoms with Gasteiger partial charge in [0.25, 0.3) is 15.9 Å². The van der Waals surface area contributed by atoms with E-state index in [1.165, 1.54) is 27.0 Å². The summed E-state index contributed by atoms with van der Waals surface area (Å²) in [4.78, 5) is 15.1. The number of carbonyl (C=O) groups is 1. The second kappa shape index (κ2) is 6.94. The van der Waals surface area contributed by atoms with Crippen molar-refractivity contribution < 1.29 is 13.2 Å². The first-order valence-corrected chi connectivity index (χ1v) is 11.5. The van der Waals surface area contributed by atoms with Gasteiger partial charge in [0.15, 0.2) is 0 Å². The van der Waals surface area contributed by atoms with Gasteiger partial charge in [0, 0.05) is 36.3 Å². The molecule has 1 aliphatic rings. The van der Waals surface area contributed by atoms with Crippen molar-refractivity contribution in [2.75, 3.05) is 26.2 Å². The number of carbonyl (C=O) groups excluding carboxylic acids is 1. The van der Waals surface area contributed by atoms with Gasteiger partial charge >= 0.3 is 0 Å². The Kier molecular flexibility index (Phi) is 4.79. The lowest BCUT2D eigenvalue weighted by Crippen LogP contribution is -2.50. The quantitative estimate of drug-likeness (QED) is 0.640. The lowest BCUT2D eigenvalue weighted by atomic mass is 10.2. The Hall–Kier alpha value is -1.45. The van der Waals surface area contributed by atoms with Gasteiger partial charge in [-0.2, -0.15) is 4.31 Å². The van der Waals surface area contributed by atoms with Gasteiger partial charge in [-0.15, -0.1) is 22.7 Å². The van der Waals surface area contributed by atoms with E-state index < -0.39 is 10.0 Å². The van der Waals surface area contributed by atoms with Crippen LogP contribution in [0.5, 0.6) is 0 Å². The van der Waals surface area contributed by atoms with E-state index in [9.17, 15) is 13.2 Å². The summed E-state index contributed by atoms with van der Waals surface area (Å²) < 4.78 is 27.9. The van der Waals surface area contributed by atoms with Gasteiger partial charge < -0.3 is 4.90 Å². The minimum Gasteiger partial charge on any atom is -0.335 e. The number of sulfonamides is 1. The van der Waals surface area contributed by atoms with Crippen LogP contribution in [-0.4, -0.2) is 49.7 Å². The molecule has 0 saturated carbocycles. The third-order valence-corrected chi connectivity index (χ3v) is 9.28. The Morgan fingerprint density at radius 2 is 1.77 bits per heavy atom. The molecule has 5 nitrogen and oxygen atoms in total. The zero-order chi connectivity index (χ0) is 18.3. The molecule has 136 valence electrons. The van der Waals surface area contributed by atoms with Crippen LogP contribution in [0.2, 0.25) is 5.02 Å². The first-order chi connectivity index (χ1) is 12.5. The van der Waals surface area contributed by atoms with Crippen molar-refractivity contribution in [1.29, 1.82) is 0 Å². The zero-order valence-electron chi connectivity index (χ0n) is 13.6. The van der Waals surface area contributed by atoms with Crippen LogP contribution in [0.15, 0.2) is 46.0 Å². The summed E-state index contributed by atoms with van der Waals surface area (Å²) >= 11 is 8.98. The van der Waals surface area contributed by atoms with Gasteiger partial charge in [-0.3, -0.25) is 4.79 Å². The summed E-state index contributed by atoms with van der Waals surface area (Å²) in [6, 6.07) is 11.0. The maximum Gasteiger partial charge on any atom is 0.265 e. The molecule has 0 unspecified atom stereocenters. The Morgan fingerprint density at radius 1 is 1.04 bits per heavy atom. The Bertz CT molecular complexity index is 1050. The van der Waals surface area contributed by atoms with Crippen molar-refractivity contribution in [3.63, 3.8) is 0 Å². The van der Waals surface area contributed by atoms with Gasteiger partial charge in [-0.1, -0.05) is 35.9 Å². The first-order valence-electron chi connectivity index (χ1n) is 7.98. The standard InChI is InChI=1S/C17H15ClN2O3S3/c18-15-12-4-1-2-5-13(12)25-16(15)17(21)19-7-9-20(10-8-19)26(22,23)14-6-3-11-24-14/h1-6,11H,7-10H2. The summed E-state index contributed by atoms with van der Waals surface area (Å²) in [5.74, 6) is -0.135. The van der Waals surface area contributed by atoms with Crippen LogP contribution in [0.1, 0.15) is 9.67 Å². The summed E-state index contributed by atoms with van der Waals surface area (Å²) in [5, 5.41) is 3.10. The van der Waals surface area contributed by atoms with Crippen molar-refractivity contribution in [2.45, 2.75) is 4.21 Å². The van der Waals surface area contributed by atoms with Crippen LogP contribution in [0.3, 0.4) is 0 Å². The average molecular weight is 427 g/mol. The van der Waals surface area contributed by atoms with Crippen molar-refractivity contribution in [1.82, 2.24) is 9.21 Å². The van der Waals surface area contributed by atoms with E-state index in [1.54, 1.807) is 22.4 Å². The van der Waals surface area contributed by atoms with Crippen LogP contribution < -0.4 is 0 Å². The molecule has 0 N–H and O–H groups in total. The minimum atomic E-state index is -3.47.